The Morgan fingerprint density at radius 1 is 1.46 bits per heavy atom. The summed E-state index contributed by atoms with van der Waals surface area (Å²) in [4.78, 5) is 22.0. The second-order valence-corrected chi connectivity index (χ2v) is 4.04. The van der Waals surface area contributed by atoms with Gasteiger partial charge in [-0.25, -0.2) is 0 Å². The lowest BCUT2D eigenvalue weighted by Crippen LogP contribution is -2.44. The molecule has 0 unspecified atom stereocenters. The Kier molecular flexibility index (Phi) is 3.46. The summed E-state index contributed by atoms with van der Waals surface area (Å²) in [5, 5.41) is 2.76. The number of hydrogen-bond acceptors (Lipinski definition) is 2. The predicted molar refractivity (Wildman–Crippen MR) is 50.2 cm³/mol. The first-order chi connectivity index (χ1) is 6.15. The number of amides is 1. The number of aldehydes is 1. The van der Waals surface area contributed by atoms with E-state index < -0.39 is 0 Å². The lowest BCUT2D eigenvalue weighted by Gasteiger charge is -2.26. The van der Waals surface area contributed by atoms with Gasteiger partial charge < -0.3 is 10.1 Å². The summed E-state index contributed by atoms with van der Waals surface area (Å²) in [6.45, 7) is 3.86. The molecule has 0 aliphatic heterocycles. The van der Waals surface area contributed by atoms with Crippen molar-refractivity contribution < 1.29 is 9.59 Å². The van der Waals surface area contributed by atoms with E-state index in [-0.39, 0.29) is 23.8 Å². The van der Waals surface area contributed by atoms with Crippen LogP contribution in [0.25, 0.3) is 0 Å². The largest absolute Gasteiger partial charge is 0.346 e. The van der Waals surface area contributed by atoms with Gasteiger partial charge in [-0.2, -0.15) is 0 Å². The molecule has 1 N–H and O–H groups in total. The summed E-state index contributed by atoms with van der Waals surface area (Å²) in [5.74, 6) is 0.403. The van der Waals surface area contributed by atoms with E-state index in [0.717, 1.165) is 25.5 Å². The second kappa shape index (κ2) is 4.40. The van der Waals surface area contributed by atoms with E-state index in [1.54, 1.807) is 0 Å². The van der Waals surface area contributed by atoms with E-state index in [1.165, 1.54) is 0 Å². The normalized spacial score (nSPS) is 19.3. The molecule has 0 aromatic heterocycles. The summed E-state index contributed by atoms with van der Waals surface area (Å²) in [7, 11) is 0. The Morgan fingerprint density at radius 2 is 2.08 bits per heavy atom. The van der Waals surface area contributed by atoms with Crippen LogP contribution < -0.4 is 5.32 Å². The Hall–Kier alpha value is -0.860. The molecule has 1 aliphatic rings. The number of carbonyl (C=O) groups is 2. The number of hydrogen-bond donors (Lipinski definition) is 1. The zero-order chi connectivity index (χ0) is 9.84. The monoisotopic (exact) mass is 183 g/mol. The Balaban J connectivity index is 2.36. The van der Waals surface area contributed by atoms with Crippen LogP contribution in [0, 0.1) is 11.8 Å². The Labute approximate surface area is 78.9 Å². The molecule has 1 saturated carbocycles. The van der Waals surface area contributed by atoms with E-state index in [2.05, 4.69) is 5.32 Å². The number of carbonyl (C=O) groups excluding carboxylic acids is 2. The van der Waals surface area contributed by atoms with Gasteiger partial charge in [0, 0.05) is 5.92 Å². The zero-order valence-electron chi connectivity index (χ0n) is 8.25. The highest BCUT2D eigenvalue weighted by Gasteiger charge is 2.27. The molecule has 0 heterocycles. The van der Waals surface area contributed by atoms with Crippen LogP contribution in [-0.4, -0.2) is 18.2 Å². The van der Waals surface area contributed by atoms with Crippen LogP contribution in [0.15, 0.2) is 0 Å². The molecule has 1 aliphatic carbocycles. The van der Waals surface area contributed by atoms with Gasteiger partial charge in [-0.15, -0.1) is 0 Å². The third kappa shape index (κ3) is 2.54. The Morgan fingerprint density at radius 3 is 2.38 bits per heavy atom. The quantitative estimate of drug-likeness (QED) is 0.664. The average Bonchev–Trinajstić information content (AvgIpc) is 1.96. The summed E-state index contributed by atoms with van der Waals surface area (Å²) in [5.41, 5.74) is 0. The van der Waals surface area contributed by atoms with Crippen molar-refractivity contribution in [2.24, 2.45) is 11.8 Å². The van der Waals surface area contributed by atoms with Gasteiger partial charge in [0.2, 0.25) is 5.91 Å². The van der Waals surface area contributed by atoms with E-state index in [9.17, 15) is 9.59 Å². The number of nitrogens with one attached hydrogen (secondary N) is 1. The summed E-state index contributed by atoms with van der Waals surface area (Å²) >= 11 is 0. The topological polar surface area (TPSA) is 46.2 Å². The van der Waals surface area contributed by atoms with Gasteiger partial charge in [0.05, 0.1) is 6.04 Å². The molecule has 74 valence electrons. The van der Waals surface area contributed by atoms with Gasteiger partial charge in [-0.3, -0.25) is 4.79 Å². The highest BCUT2D eigenvalue weighted by Crippen LogP contribution is 2.26. The molecule has 1 rings (SSSR count). The van der Waals surface area contributed by atoms with E-state index in [0.29, 0.717) is 0 Å². The fourth-order valence-electron chi connectivity index (χ4n) is 1.31. The van der Waals surface area contributed by atoms with Crippen LogP contribution in [0.4, 0.5) is 0 Å². The first-order valence-corrected chi connectivity index (χ1v) is 4.91. The highest BCUT2D eigenvalue weighted by molar-refractivity contribution is 5.82. The van der Waals surface area contributed by atoms with Crippen LogP contribution in [0.3, 0.4) is 0 Å². The van der Waals surface area contributed by atoms with Crippen molar-refractivity contribution in [3.63, 3.8) is 0 Å². The van der Waals surface area contributed by atoms with Gasteiger partial charge in [0.1, 0.15) is 6.29 Å². The molecule has 0 aromatic rings. The van der Waals surface area contributed by atoms with Crippen LogP contribution in [0.2, 0.25) is 0 Å². The standard InChI is InChI=1S/C10H17NO2/c1-7(2)9(6-12)11-10(13)8-4-3-5-8/h6-9H,3-5H2,1-2H3,(H,11,13)/t9-/m0/s1. The van der Waals surface area contributed by atoms with Crippen molar-refractivity contribution in [1.29, 1.82) is 0 Å². The Bertz CT molecular complexity index is 197. The van der Waals surface area contributed by atoms with Crippen LogP contribution in [0.5, 0.6) is 0 Å². The third-order valence-corrected chi connectivity index (χ3v) is 2.65. The highest BCUT2D eigenvalue weighted by atomic mass is 16.2. The predicted octanol–water partition coefficient (Wildman–Crippen LogP) is 1.13. The lowest BCUT2D eigenvalue weighted by molar-refractivity contribution is -0.130. The fourth-order valence-corrected chi connectivity index (χ4v) is 1.31. The molecule has 3 nitrogen and oxygen atoms in total. The SMILES string of the molecule is CC(C)[C@H](C=O)NC(=O)C1CCC1. The lowest BCUT2D eigenvalue weighted by atomic mass is 9.84. The maximum atomic E-state index is 11.4. The molecule has 1 fully saturated rings. The van der Waals surface area contributed by atoms with Gasteiger partial charge in [-0.05, 0) is 18.8 Å². The van der Waals surface area contributed by atoms with Gasteiger partial charge in [0.15, 0.2) is 0 Å². The minimum Gasteiger partial charge on any atom is -0.346 e. The molecular formula is C10H17NO2. The second-order valence-electron chi connectivity index (χ2n) is 4.04. The molecule has 0 radical (unpaired) electrons. The number of rotatable bonds is 4. The fraction of sp³-hybridized carbons (Fsp3) is 0.800. The van der Waals surface area contributed by atoms with Crippen LogP contribution in [0.1, 0.15) is 33.1 Å². The zero-order valence-corrected chi connectivity index (χ0v) is 8.25. The molecule has 0 saturated heterocycles. The summed E-state index contributed by atoms with van der Waals surface area (Å²) in [6.07, 6.45) is 3.93. The molecule has 3 heteroatoms. The average molecular weight is 183 g/mol. The molecule has 1 amide bonds. The molecule has 0 aromatic carbocycles. The maximum Gasteiger partial charge on any atom is 0.223 e. The van der Waals surface area contributed by atoms with Crippen molar-refractivity contribution in [3.05, 3.63) is 0 Å². The van der Waals surface area contributed by atoms with Crippen LogP contribution >= 0.6 is 0 Å². The molecule has 1 atom stereocenters. The minimum atomic E-state index is -0.312. The van der Waals surface area contributed by atoms with Crippen molar-refractivity contribution >= 4 is 12.2 Å². The van der Waals surface area contributed by atoms with Crippen molar-refractivity contribution in [3.8, 4) is 0 Å². The van der Waals surface area contributed by atoms with Gasteiger partial charge in [-0.1, -0.05) is 20.3 Å². The molecule has 13 heavy (non-hydrogen) atoms. The van der Waals surface area contributed by atoms with E-state index >= 15 is 0 Å². The molecule has 0 spiro atoms. The third-order valence-electron chi connectivity index (χ3n) is 2.65. The van der Waals surface area contributed by atoms with Gasteiger partial charge >= 0.3 is 0 Å². The minimum absolute atomic E-state index is 0.0528. The first kappa shape index (κ1) is 10.2. The van der Waals surface area contributed by atoms with Crippen molar-refractivity contribution in [2.75, 3.05) is 0 Å². The van der Waals surface area contributed by atoms with E-state index in [1.807, 2.05) is 13.8 Å². The van der Waals surface area contributed by atoms with Crippen molar-refractivity contribution in [2.45, 2.75) is 39.2 Å². The molecule has 0 bridgehead atoms. The summed E-state index contributed by atoms with van der Waals surface area (Å²) in [6, 6.07) is -0.312. The van der Waals surface area contributed by atoms with E-state index in [4.69, 9.17) is 0 Å². The smallest absolute Gasteiger partial charge is 0.223 e. The van der Waals surface area contributed by atoms with Crippen LogP contribution in [-0.2, 0) is 9.59 Å². The van der Waals surface area contributed by atoms with Crippen molar-refractivity contribution in [1.82, 2.24) is 5.32 Å². The first-order valence-electron chi connectivity index (χ1n) is 4.91. The maximum absolute atomic E-state index is 11.4. The molecular weight excluding hydrogens is 166 g/mol. The van der Waals surface area contributed by atoms with Gasteiger partial charge in [0.25, 0.3) is 0 Å². The summed E-state index contributed by atoms with van der Waals surface area (Å²) < 4.78 is 0.